The van der Waals surface area contributed by atoms with E-state index in [9.17, 15) is 9.90 Å². The van der Waals surface area contributed by atoms with E-state index in [0.29, 0.717) is 24.0 Å². The molecule has 0 aliphatic carbocycles. The van der Waals surface area contributed by atoms with Crippen LogP contribution in [-0.4, -0.2) is 21.7 Å². The Kier molecular flexibility index (Phi) is 5.08. The molecule has 24 heavy (non-hydrogen) atoms. The molecule has 2 aromatic carbocycles. The molecule has 0 saturated carbocycles. The lowest BCUT2D eigenvalue weighted by Crippen LogP contribution is -2.43. The zero-order valence-electron chi connectivity index (χ0n) is 13.0. The summed E-state index contributed by atoms with van der Waals surface area (Å²) in [6.07, 6.45) is 1.01. The van der Waals surface area contributed by atoms with Gasteiger partial charge in [0.15, 0.2) is 5.72 Å². The lowest BCUT2D eigenvalue weighted by molar-refractivity contribution is -0.0765. The predicted molar refractivity (Wildman–Crippen MR) is 106 cm³/mol. The molecule has 0 radical (unpaired) electrons. The normalized spacial score (nSPS) is 20.2. The molecule has 6 heteroatoms. The van der Waals surface area contributed by atoms with Crippen LogP contribution >= 0.6 is 38.5 Å². The van der Waals surface area contributed by atoms with Crippen molar-refractivity contribution in [2.45, 2.75) is 25.5 Å². The van der Waals surface area contributed by atoms with E-state index in [1.54, 1.807) is 12.1 Å². The molecule has 124 valence electrons. The molecule has 0 fully saturated rings. The molecule has 1 heterocycles. The molecular formula is C18H16BrIN2O2. The van der Waals surface area contributed by atoms with Crippen molar-refractivity contribution >= 4 is 50.1 Å². The topological polar surface area (TPSA) is 52.9 Å². The van der Waals surface area contributed by atoms with Gasteiger partial charge in [-0.25, -0.2) is 0 Å². The van der Waals surface area contributed by atoms with Gasteiger partial charge < -0.3 is 5.11 Å². The van der Waals surface area contributed by atoms with Gasteiger partial charge in [-0.2, -0.15) is 10.1 Å². The zero-order valence-corrected chi connectivity index (χ0v) is 16.8. The summed E-state index contributed by atoms with van der Waals surface area (Å²) in [6, 6.07) is 14.6. The minimum absolute atomic E-state index is 0.305. The summed E-state index contributed by atoms with van der Waals surface area (Å²) in [5, 5.41) is 16.9. The number of benzene rings is 2. The fourth-order valence-corrected chi connectivity index (χ4v) is 3.31. The number of hydrogen-bond acceptors (Lipinski definition) is 3. The van der Waals surface area contributed by atoms with Crippen molar-refractivity contribution < 1.29 is 9.90 Å². The average Bonchev–Trinajstić information content (AvgIpc) is 2.93. The molecule has 3 rings (SSSR count). The molecule has 0 unspecified atom stereocenters. The van der Waals surface area contributed by atoms with Crippen molar-refractivity contribution in [3.63, 3.8) is 0 Å². The van der Waals surface area contributed by atoms with Gasteiger partial charge in [-0.1, -0.05) is 35.0 Å². The van der Waals surface area contributed by atoms with Crippen LogP contribution in [0.1, 0.15) is 35.7 Å². The van der Waals surface area contributed by atoms with Gasteiger partial charge in [-0.05, 0) is 65.4 Å². The Morgan fingerprint density at radius 3 is 2.46 bits per heavy atom. The number of rotatable bonds is 3. The third-order valence-corrected chi connectivity index (χ3v) is 5.29. The Hall–Kier alpha value is -1.25. The third kappa shape index (κ3) is 3.27. The zero-order chi connectivity index (χ0) is 17.3. The molecule has 1 amide bonds. The van der Waals surface area contributed by atoms with E-state index < -0.39 is 5.72 Å². The summed E-state index contributed by atoms with van der Waals surface area (Å²) in [5.74, 6) is -0.305. The number of carbonyl (C=O) groups excluding carboxylic acids is 1. The minimum Gasteiger partial charge on any atom is -0.365 e. The smallest absolute Gasteiger partial charge is 0.276 e. The number of halogens is 2. The molecule has 1 aliphatic rings. The maximum absolute atomic E-state index is 12.9. The first-order valence-corrected chi connectivity index (χ1v) is 9.46. The highest BCUT2D eigenvalue weighted by molar-refractivity contribution is 14.1. The summed E-state index contributed by atoms with van der Waals surface area (Å²) in [7, 11) is 0. The van der Waals surface area contributed by atoms with Crippen LogP contribution in [0.3, 0.4) is 0 Å². The molecule has 0 aromatic heterocycles. The van der Waals surface area contributed by atoms with Crippen molar-refractivity contribution in [1.82, 2.24) is 5.01 Å². The summed E-state index contributed by atoms with van der Waals surface area (Å²) in [6.45, 7) is 1.97. The highest BCUT2D eigenvalue weighted by atomic mass is 127. The van der Waals surface area contributed by atoms with Gasteiger partial charge in [-0.3, -0.25) is 4.79 Å². The van der Waals surface area contributed by atoms with Crippen LogP contribution < -0.4 is 0 Å². The average molecular weight is 499 g/mol. The van der Waals surface area contributed by atoms with E-state index in [-0.39, 0.29) is 5.91 Å². The lowest BCUT2D eigenvalue weighted by Gasteiger charge is -2.31. The van der Waals surface area contributed by atoms with Crippen LogP contribution in [0.5, 0.6) is 0 Å². The van der Waals surface area contributed by atoms with E-state index in [0.717, 1.165) is 13.8 Å². The van der Waals surface area contributed by atoms with Crippen molar-refractivity contribution in [3.05, 3.63) is 67.7 Å². The Balaban J connectivity index is 2.01. The molecule has 4 nitrogen and oxygen atoms in total. The fourth-order valence-electron chi connectivity index (χ4n) is 2.68. The standard InChI is InChI=1S/C18H16BrIN2O2/c1-2-16-11-18(24,13-5-7-14(19)8-6-13)22(21-16)17(23)12-3-9-15(20)10-4-12/h3-10,24H,2,11H2,1H3/t18-/m1/s1. The summed E-state index contributed by atoms with van der Waals surface area (Å²) in [5.41, 5.74) is 0.509. The van der Waals surface area contributed by atoms with Crippen molar-refractivity contribution in [2.75, 3.05) is 0 Å². The van der Waals surface area contributed by atoms with E-state index in [4.69, 9.17) is 0 Å². The molecule has 0 spiro atoms. The number of hydrazone groups is 1. The number of nitrogens with zero attached hydrogens (tertiary/aromatic N) is 2. The second kappa shape index (κ2) is 6.93. The van der Waals surface area contributed by atoms with Crippen molar-refractivity contribution in [1.29, 1.82) is 0 Å². The van der Waals surface area contributed by atoms with E-state index in [1.165, 1.54) is 5.01 Å². The maximum Gasteiger partial charge on any atom is 0.276 e. The van der Waals surface area contributed by atoms with Crippen molar-refractivity contribution in [2.24, 2.45) is 5.10 Å². The van der Waals surface area contributed by atoms with E-state index in [1.807, 2.05) is 43.3 Å². The number of hydrogen-bond donors (Lipinski definition) is 1. The van der Waals surface area contributed by atoms with Crippen LogP contribution in [-0.2, 0) is 5.72 Å². The Morgan fingerprint density at radius 1 is 1.25 bits per heavy atom. The van der Waals surface area contributed by atoms with Gasteiger partial charge >= 0.3 is 0 Å². The maximum atomic E-state index is 12.9. The number of aliphatic hydroxyl groups is 1. The molecule has 0 bridgehead atoms. The second-order valence-electron chi connectivity index (χ2n) is 5.64. The van der Waals surface area contributed by atoms with Gasteiger partial charge in [0.25, 0.3) is 5.91 Å². The van der Waals surface area contributed by atoms with Gasteiger partial charge in [0.2, 0.25) is 0 Å². The summed E-state index contributed by atoms with van der Waals surface area (Å²) in [4.78, 5) is 12.9. The monoisotopic (exact) mass is 498 g/mol. The van der Waals surface area contributed by atoms with Gasteiger partial charge in [0, 0.05) is 31.3 Å². The summed E-state index contributed by atoms with van der Waals surface area (Å²) < 4.78 is 1.96. The molecule has 0 saturated heterocycles. The van der Waals surface area contributed by atoms with E-state index in [2.05, 4.69) is 43.6 Å². The largest absolute Gasteiger partial charge is 0.365 e. The molecule has 1 atom stereocenters. The second-order valence-corrected chi connectivity index (χ2v) is 7.81. The van der Waals surface area contributed by atoms with Crippen LogP contribution in [0, 0.1) is 3.57 Å². The molecule has 2 aromatic rings. The summed E-state index contributed by atoms with van der Waals surface area (Å²) >= 11 is 5.58. The number of carbonyl (C=O) groups is 1. The molecular weight excluding hydrogens is 483 g/mol. The Morgan fingerprint density at radius 2 is 1.88 bits per heavy atom. The predicted octanol–water partition coefficient (Wildman–Crippen LogP) is 4.51. The number of amides is 1. The van der Waals surface area contributed by atoms with E-state index >= 15 is 0 Å². The van der Waals surface area contributed by atoms with Crippen LogP contribution in [0.15, 0.2) is 58.1 Å². The van der Waals surface area contributed by atoms with Crippen molar-refractivity contribution in [3.8, 4) is 0 Å². The quantitative estimate of drug-likeness (QED) is 0.633. The highest BCUT2D eigenvalue weighted by Gasteiger charge is 2.45. The van der Waals surface area contributed by atoms with Crippen LogP contribution in [0.2, 0.25) is 0 Å². The molecule has 1 N–H and O–H groups in total. The van der Waals surface area contributed by atoms with Gasteiger partial charge in [0.1, 0.15) is 0 Å². The Bertz CT molecular complexity index is 790. The first-order valence-electron chi connectivity index (χ1n) is 7.59. The highest BCUT2D eigenvalue weighted by Crippen LogP contribution is 2.37. The van der Waals surface area contributed by atoms with Crippen LogP contribution in [0.4, 0.5) is 0 Å². The lowest BCUT2D eigenvalue weighted by atomic mass is 9.96. The first-order chi connectivity index (χ1) is 11.4. The Labute approximate surface area is 162 Å². The van der Waals surface area contributed by atoms with Crippen LogP contribution in [0.25, 0.3) is 0 Å². The minimum atomic E-state index is -1.45. The third-order valence-electron chi connectivity index (χ3n) is 4.04. The fraction of sp³-hybridized carbons (Fsp3) is 0.222. The van der Waals surface area contributed by atoms with Gasteiger partial charge in [-0.15, -0.1) is 0 Å². The SMILES string of the molecule is CCC1=NN(C(=O)c2ccc(I)cc2)[C@](O)(c2ccc(Br)cc2)C1. The van der Waals surface area contributed by atoms with Gasteiger partial charge in [0.05, 0.1) is 0 Å². The first kappa shape index (κ1) is 17.6. The molecule has 1 aliphatic heterocycles.